The molecular weight excluding hydrogens is 392 g/mol. The summed E-state index contributed by atoms with van der Waals surface area (Å²) in [5.41, 5.74) is 9.32. The Morgan fingerprint density at radius 1 is 1.06 bits per heavy atom. The lowest BCUT2D eigenvalue weighted by Gasteiger charge is -2.15. The molecule has 8 heteroatoms. The number of carbonyl (C=O) groups excluding carboxylic acids is 2. The fraction of sp³-hybridized carbons (Fsp3) is 0.130. The van der Waals surface area contributed by atoms with Gasteiger partial charge in [0.05, 0.1) is 5.39 Å². The summed E-state index contributed by atoms with van der Waals surface area (Å²) in [6.07, 6.45) is 1.18. The van der Waals surface area contributed by atoms with E-state index in [0.29, 0.717) is 5.69 Å². The molecule has 0 radical (unpaired) electrons. The summed E-state index contributed by atoms with van der Waals surface area (Å²) in [5.74, 6) is -0.358. The molecule has 0 saturated carbocycles. The van der Waals surface area contributed by atoms with Gasteiger partial charge in [0.2, 0.25) is 11.8 Å². The number of hydrogen-bond acceptors (Lipinski definition) is 5. The van der Waals surface area contributed by atoms with Crippen molar-refractivity contribution in [2.45, 2.75) is 19.4 Å². The smallest absolute Gasteiger partial charge is 0.233 e. The van der Waals surface area contributed by atoms with Gasteiger partial charge in [-0.05, 0) is 36.2 Å². The van der Waals surface area contributed by atoms with Crippen LogP contribution >= 0.6 is 0 Å². The Morgan fingerprint density at radius 2 is 1.81 bits per heavy atom. The molecule has 0 saturated heterocycles. The molecule has 4 aromatic rings. The van der Waals surface area contributed by atoms with Crippen molar-refractivity contribution in [3.05, 3.63) is 72.6 Å². The standard InChI is InChI=1S/C23H22N6O2/c1-14(15-5-3-2-4-6-15)27-22-18-11-19(29-23(18)26-13-25-22)16-7-9-17(10-8-16)28-21(31)12-20(24)30/h2-11,13-14H,12H2,1H3,(H2,24,30)(H,28,31)(H2,25,26,27,29)/t14-/m1/s1. The maximum Gasteiger partial charge on any atom is 0.233 e. The van der Waals surface area contributed by atoms with Crippen molar-refractivity contribution < 1.29 is 9.59 Å². The van der Waals surface area contributed by atoms with Crippen LogP contribution in [-0.2, 0) is 9.59 Å². The highest BCUT2D eigenvalue weighted by Gasteiger charge is 2.13. The Hall–Kier alpha value is -4.20. The minimum absolute atomic E-state index is 0.0842. The first-order valence-corrected chi connectivity index (χ1v) is 9.83. The highest BCUT2D eigenvalue weighted by Crippen LogP contribution is 2.29. The molecule has 0 unspecified atom stereocenters. The second-order valence-corrected chi connectivity index (χ2v) is 7.21. The van der Waals surface area contributed by atoms with Crippen molar-refractivity contribution in [3.8, 4) is 11.3 Å². The van der Waals surface area contributed by atoms with Crippen molar-refractivity contribution >= 4 is 34.4 Å². The number of amides is 2. The van der Waals surface area contributed by atoms with Crippen LogP contribution in [0.2, 0.25) is 0 Å². The van der Waals surface area contributed by atoms with Crippen LogP contribution in [-0.4, -0.2) is 26.8 Å². The quantitative estimate of drug-likeness (QED) is 0.344. The number of rotatable bonds is 7. The first-order valence-electron chi connectivity index (χ1n) is 9.83. The summed E-state index contributed by atoms with van der Waals surface area (Å²) >= 11 is 0. The van der Waals surface area contributed by atoms with Gasteiger partial charge < -0.3 is 21.4 Å². The van der Waals surface area contributed by atoms with Crippen molar-refractivity contribution in [2.75, 3.05) is 10.6 Å². The lowest BCUT2D eigenvalue weighted by Crippen LogP contribution is -2.21. The predicted molar refractivity (Wildman–Crippen MR) is 120 cm³/mol. The minimum Gasteiger partial charge on any atom is -0.369 e. The normalized spacial score (nSPS) is 11.8. The number of benzene rings is 2. The second kappa shape index (κ2) is 8.66. The Bertz CT molecular complexity index is 1220. The Labute approximate surface area is 178 Å². The molecule has 4 rings (SSSR count). The van der Waals surface area contributed by atoms with Crippen molar-refractivity contribution in [1.82, 2.24) is 15.0 Å². The summed E-state index contributed by atoms with van der Waals surface area (Å²) in [7, 11) is 0. The van der Waals surface area contributed by atoms with Crippen molar-refractivity contribution in [1.29, 1.82) is 0 Å². The molecule has 1 atom stereocenters. The van der Waals surface area contributed by atoms with E-state index in [1.807, 2.05) is 36.4 Å². The topological polar surface area (TPSA) is 126 Å². The van der Waals surface area contributed by atoms with Gasteiger partial charge in [0.15, 0.2) is 0 Å². The number of hydrogen-bond donors (Lipinski definition) is 4. The number of carbonyl (C=O) groups is 2. The summed E-state index contributed by atoms with van der Waals surface area (Å²) in [6.45, 7) is 2.09. The molecule has 2 aromatic carbocycles. The maximum absolute atomic E-state index is 11.7. The van der Waals surface area contributed by atoms with Crippen LogP contribution in [0.3, 0.4) is 0 Å². The lowest BCUT2D eigenvalue weighted by molar-refractivity contribution is -0.124. The van der Waals surface area contributed by atoms with Crippen molar-refractivity contribution in [2.24, 2.45) is 5.73 Å². The number of aromatic amines is 1. The van der Waals surface area contributed by atoms with Gasteiger partial charge in [0, 0.05) is 17.4 Å². The first kappa shape index (κ1) is 20.1. The molecule has 2 heterocycles. The zero-order chi connectivity index (χ0) is 21.8. The van der Waals surface area contributed by atoms with E-state index < -0.39 is 11.8 Å². The molecule has 0 aliphatic rings. The zero-order valence-electron chi connectivity index (χ0n) is 16.9. The summed E-state index contributed by atoms with van der Waals surface area (Å²) in [5, 5.41) is 6.99. The zero-order valence-corrected chi connectivity index (χ0v) is 16.9. The molecular formula is C23H22N6O2. The number of H-pyrrole nitrogens is 1. The Kier molecular flexibility index (Phi) is 5.61. The molecule has 5 N–H and O–H groups in total. The van der Waals surface area contributed by atoms with E-state index in [2.05, 4.69) is 44.6 Å². The van der Waals surface area contributed by atoms with Gasteiger partial charge in [-0.25, -0.2) is 9.97 Å². The molecule has 2 amide bonds. The van der Waals surface area contributed by atoms with Crippen LogP contribution in [0.15, 0.2) is 67.0 Å². The molecule has 0 aliphatic heterocycles. The summed E-state index contributed by atoms with van der Waals surface area (Å²) in [4.78, 5) is 34.6. The van der Waals surface area contributed by atoms with Crippen LogP contribution in [0.4, 0.5) is 11.5 Å². The predicted octanol–water partition coefficient (Wildman–Crippen LogP) is 3.61. The van der Waals surface area contributed by atoms with E-state index in [-0.39, 0.29) is 12.5 Å². The number of aromatic nitrogens is 3. The third kappa shape index (κ3) is 4.69. The molecule has 0 bridgehead atoms. The highest BCUT2D eigenvalue weighted by atomic mass is 16.2. The van der Waals surface area contributed by atoms with Crippen LogP contribution in [0.5, 0.6) is 0 Å². The fourth-order valence-electron chi connectivity index (χ4n) is 3.34. The van der Waals surface area contributed by atoms with Crippen LogP contribution in [0.25, 0.3) is 22.3 Å². The van der Waals surface area contributed by atoms with Crippen LogP contribution in [0, 0.1) is 0 Å². The minimum atomic E-state index is -0.667. The number of nitrogens with one attached hydrogen (secondary N) is 3. The SMILES string of the molecule is C[C@@H](Nc1ncnc2[nH]c(-c3ccc(NC(=O)CC(N)=O)cc3)cc12)c1ccccc1. The van der Waals surface area contributed by atoms with Gasteiger partial charge in [-0.2, -0.15) is 0 Å². The molecule has 0 fully saturated rings. The van der Waals surface area contributed by atoms with E-state index >= 15 is 0 Å². The number of primary amides is 1. The number of nitrogens with two attached hydrogens (primary N) is 1. The Balaban J connectivity index is 1.55. The van der Waals surface area contributed by atoms with Gasteiger partial charge >= 0.3 is 0 Å². The van der Waals surface area contributed by atoms with Gasteiger partial charge in [-0.3, -0.25) is 9.59 Å². The third-order valence-corrected chi connectivity index (χ3v) is 4.89. The number of anilines is 2. The van der Waals surface area contributed by atoms with E-state index in [1.165, 1.54) is 11.9 Å². The van der Waals surface area contributed by atoms with Gasteiger partial charge in [0.25, 0.3) is 0 Å². The van der Waals surface area contributed by atoms with E-state index in [1.54, 1.807) is 12.1 Å². The van der Waals surface area contributed by atoms with E-state index in [4.69, 9.17) is 5.73 Å². The van der Waals surface area contributed by atoms with Crippen LogP contribution < -0.4 is 16.4 Å². The average Bonchev–Trinajstić information content (AvgIpc) is 3.19. The molecule has 156 valence electrons. The Morgan fingerprint density at radius 3 is 2.52 bits per heavy atom. The number of nitrogens with zero attached hydrogens (tertiary/aromatic N) is 2. The fourth-order valence-corrected chi connectivity index (χ4v) is 3.34. The molecule has 8 nitrogen and oxygen atoms in total. The molecule has 2 aromatic heterocycles. The van der Waals surface area contributed by atoms with Gasteiger partial charge in [0.1, 0.15) is 24.2 Å². The molecule has 0 aliphatic carbocycles. The number of fused-ring (bicyclic) bond motifs is 1. The van der Waals surface area contributed by atoms with Gasteiger partial charge in [-0.1, -0.05) is 42.5 Å². The van der Waals surface area contributed by atoms with E-state index in [0.717, 1.165) is 28.1 Å². The van der Waals surface area contributed by atoms with Crippen molar-refractivity contribution in [3.63, 3.8) is 0 Å². The molecule has 0 spiro atoms. The third-order valence-electron chi connectivity index (χ3n) is 4.89. The first-order chi connectivity index (χ1) is 15.0. The maximum atomic E-state index is 11.7. The summed E-state index contributed by atoms with van der Waals surface area (Å²) in [6, 6.07) is 19.5. The highest BCUT2D eigenvalue weighted by molar-refractivity contribution is 6.03. The lowest BCUT2D eigenvalue weighted by atomic mass is 10.1. The van der Waals surface area contributed by atoms with E-state index in [9.17, 15) is 9.59 Å². The second-order valence-electron chi connectivity index (χ2n) is 7.21. The van der Waals surface area contributed by atoms with Gasteiger partial charge in [-0.15, -0.1) is 0 Å². The van der Waals surface area contributed by atoms with Crippen LogP contribution in [0.1, 0.15) is 24.9 Å². The monoisotopic (exact) mass is 414 g/mol. The summed E-state index contributed by atoms with van der Waals surface area (Å²) < 4.78 is 0. The molecule has 31 heavy (non-hydrogen) atoms. The largest absolute Gasteiger partial charge is 0.369 e. The average molecular weight is 414 g/mol.